The van der Waals surface area contributed by atoms with Crippen LogP contribution in [0.15, 0.2) is 24.3 Å². The van der Waals surface area contributed by atoms with Crippen LogP contribution in [0.4, 0.5) is 13.2 Å². The molecule has 1 N–H and O–H groups in total. The summed E-state index contributed by atoms with van der Waals surface area (Å²) >= 11 is 0. The molecule has 0 radical (unpaired) electrons. The molecule has 1 aromatic rings. The van der Waals surface area contributed by atoms with E-state index in [-0.39, 0.29) is 18.9 Å². The van der Waals surface area contributed by atoms with Crippen molar-refractivity contribution in [3.8, 4) is 0 Å². The normalized spacial score (nSPS) is 13.3. The lowest BCUT2D eigenvalue weighted by molar-refractivity contribution is -0.137. The topological polar surface area (TPSA) is 55.4 Å². The summed E-state index contributed by atoms with van der Waals surface area (Å²) in [7, 11) is -3.53. The molecule has 0 aliphatic heterocycles. The molecule has 0 aliphatic carbocycles. The summed E-state index contributed by atoms with van der Waals surface area (Å²) in [5.41, 5.74) is -1.11. The number of rotatable bonds is 8. The van der Waals surface area contributed by atoms with Gasteiger partial charge in [-0.25, -0.2) is 13.1 Å². The summed E-state index contributed by atoms with van der Waals surface area (Å²) in [5.74, 6) is -0.181. The Bertz CT molecular complexity index is 613. The minimum atomic E-state index is -4.43. The Morgan fingerprint density at radius 1 is 1.17 bits per heavy atom. The Hall–Kier alpha value is -1.12. The number of sulfonamides is 1. The van der Waals surface area contributed by atoms with Crippen LogP contribution >= 0.6 is 0 Å². The van der Waals surface area contributed by atoms with Crippen molar-refractivity contribution in [2.75, 3.05) is 25.5 Å². The summed E-state index contributed by atoms with van der Waals surface area (Å²) in [6, 6.07) is 4.92. The van der Waals surface area contributed by atoms with E-state index < -0.39 is 27.2 Å². The molecule has 0 amide bonds. The predicted molar refractivity (Wildman–Crippen MR) is 82.8 cm³/mol. The Labute approximate surface area is 135 Å². The largest absolute Gasteiger partial charge is 0.416 e. The first-order valence-electron chi connectivity index (χ1n) is 7.21. The molecule has 8 heteroatoms. The van der Waals surface area contributed by atoms with Crippen molar-refractivity contribution in [2.24, 2.45) is 0 Å². The molecule has 0 saturated heterocycles. The molecule has 4 nitrogen and oxygen atoms in total. The zero-order chi connectivity index (χ0) is 17.7. The number of alkyl halides is 3. The maximum atomic E-state index is 12.8. The van der Waals surface area contributed by atoms with Crippen LogP contribution in [0.25, 0.3) is 0 Å². The highest BCUT2D eigenvalue weighted by Gasteiger charge is 2.32. The van der Waals surface area contributed by atoms with Gasteiger partial charge in [0, 0.05) is 18.6 Å². The number of hydrogen-bond donors (Lipinski definition) is 1. The van der Waals surface area contributed by atoms with E-state index in [4.69, 9.17) is 4.74 Å². The average Bonchev–Trinajstić information content (AvgIpc) is 2.45. The average molecular weight is 353 g/mol. The highest BCUT2D eigenvalue weighted by Crippen LogP contribution is 2.32. The first-order valence-corrected chi connectivity index (χ1v) is 8.86. The minimum absolute atomic E-state index is 0.00275. The van der Waals surface area contributed by atoms with Gasteiger partial charge in [0.1, 0.15) is 0 Å². The molecule has 132 valence electrons. The van der Waals surface area contributed by atoms with Crippen molar-refractivity contribution < 1.29 is 26.3 Å². The second-order valence-corrected chi connectivity index (χ2v) is 7.73. The lowest BCUT2D eigenvalue weighted by Crippen LogP contribution is -2.38. The molecule has 0 spiro atoms. The zero-order valence-electron chi connectivity index (χ0n) is 13.4. The Morgan fingerprint density at radius 2 is 1.78 bits per heavy atom. The maximum Gasteiger partial charge on any atom is 0.416 e. The van der Waals surface area contributed by atoms with Crippen molar-refractivity contribution in [3.05, 3.63) is 35.4 Å². The first kappa shape index (κ1) is 19.9. The summed E-state index contributed by atoms with van der Waals surface area (Å²) in [5, 5.41) is 0. The van der Waals surface area contributed by atoms with E-state index in [9.17, 15) is 21.6 Å². The van der Waals surface area contributed by atoms with Gasteiger partial charge in [0.2, 0.25) is 10.0 Å². The molecule has 0 aromatic heterocycles. The molecule has 0 unspecified atom stereocenters. The van der Waals surface area contributed by atoms with Crippen LogP contribution in [0.2, 0.25) is 0 Å². The summed E-state index contributed by atoms with van der Waals surface area (Å²) in [4.78, 5) is 0. The molecular weight excluding hydrogens is 331 g/mol. The minimum Gasteiger partial charge on any atom is -0.381 e. The number of hydrogen-bond acceptors (Lipinski definition) is 3. The van der Waals surface area contributed by atoms with Gasteiger partial charge in [0.05, 0.1) is 17.9 Å². The number of benzene rings is 1. The molecular formula is C15H22F3NO3S. The summed E-state index contributed by atoms with van der Waals surface area (Å²) in [6.45, 7) is 5.64. The fourth-order valence-corrected chi connectivity index (χ4v) is 2.96. The van der Waals surface area contributed by atoms with Crippen LogP contribution < -0.4 is 4.72 Å². The fraction of sp³-hybridized carbons (Fsp3) is 0.600. The van der Waals surface area contributed by atoms with Crippen molar-refractivity contribution in [2.45, 2.75) is 32.4 Å². The van der Waals surface area contributed by atoms with Gasteiger partial charge in [0.15, 0.2) is 0 Å². The summed E-state index contributed by atoms with van der Waals surface area (Å²) < 4.78 is 69.4. The van der Waals surface area contributed by atoms with Gasteiger partial charge in [0.25, 0.3) is 0 Å². The summed E-state index contributed by atoms with van der Waals surface area (Å²) in [6.07, 6.45) is -4.43. The van der Waals surface area contributed by atoms with Crippen LogP contribution in [0, 0.1) is 0 Å². The lowest BCUT2D eigenvalue weighted by atomic mass is 9.84. The van der Waals surface area contributed by atoms with E-state index in [1.54, 1.807) is 26.8 Å². The fourth-order valence-electron chi connectivity index (χ4n) is 1.89. The number of nitrogens with one attached hydrogen (secondary N) is 1. The second kappa shape index (κ2) is 7.63. The van der Waals surface area contributed by atoms with E-state index >= 15 is 0 Å². The van der Waals surface area contributed by atoms with Gasteiger partial charge >= 0.3 is 6.18 Å². The third-order valence-electron chi connectivity index (χ3n) is 3.41. The van der Waals surface area contributed by atoms with E-state index in [0.29, 0.717) is 12.2 Å². The van der Waals surface area contributed by atoms with E-state index in [1.165, 1.54) is 6.07 Å². The Balaban J connectivity index is 2.80. The number of halogens is 3. The molecule has 0 heterocycles. The van der Waals surface area contributed by atoms with Crippen LogP contribution in [0.1, 0.15) is 31.9 Å². The third kappa shape index (κ3) is 6.48. The highest BCUT2D eigenvalue weighted by molar-refractivity contribution is 7.89. The molecule has 0 saturated carbocycles. The molecule has 1 aromatic carbocycles. The van der Waals surface area contributed by atoms with Crippen LogP contribution in [0.5, 0.6) is 0 Å². The van der Waals surface area contributed by atoms with Gasteiger partial charge in [-0.3, -0.25) is 0 Å². The molecule has 0 atom stereocenters. The SMILES string of the molecule is CCOCCS(=O)(=O)NCC(C)(C)c1cccc(C(F)(F)F)c1. The Morgan fingerprint density at radius 3 is 2.35 bits per heavy atom. The quantitative estimate of drug-likeness (QED) is 0.731. The first-order chi connectivity index (χ1) is 10.5. The van der Waals surface area contributed by atoms with Crippen molar-refractivity contribution in [1.82, 2.24) is 4.72 Å². The van der Waals surface area contributed by atoms with Crippen LogP contribution in [-0.4, -0.2) is 33.9 Å². The van der Waals surface area contributed by atoms with E-state index in [1.807, 2.05) is 0 Å². The molecule has 1 rings (SSSR count). The lowest BCUT2D eigenvalue weighted by Gasteiger charge is -2.26. The molecule has 0 fully saturated rings. The van der Waals surface area contributed by atoms with Crippen molar-refractivity contribution >= 4 is 10.0 Å². The smallest absolute Gasteiger partial charge is 0.381 e. The standard InChI is InChI=1S/C15H22F3NO3S/c1-4-22-8-9-23(20,21)19-11-14(2,3)12-6-5-7-13(10-12)15(16,17)18/h5-7,10,19H,4,8-9,11H2,1-3H3. The molecule has 23 heavy (non-hydrogen) atoms. The van der Waals surface area contributed by atoms with Crippen LogP contribution in [0.3, 0.4) is 0 Å². The van der Waals surface area contributed by atoms with E-state index in [0.717, 1.165) is 12.1 Å². The highest BCUT2D eigenvalue weighted by atomic mass is 32.2. The Kier molecular flexibility index (Phi) is 6.61. The second-order valence-electron chi connectivity index (χ2n) is 5.80. The molecule has 0 aliphatic rings. The zero-order valence-corrected chi connectivity index (χ0v) is 14.2. The maximum absolute atomic E-state index is 12.8. The van der Waals surface area contributed by atoms with Crippen molar-refractivity contribution in [1.29, 1.82) is 0 Å². The van der Waals surface area contributed by atoms with E-state index in [2.05, 4.69) is 4.72 Å². The number of ether oxygens (including phenoxy) is 1. The van der Waals surface area contributed by atoms with Crippen LogP contribution in [-0.2, 0) is 26.4 Å². The van der Waals surface area contributed by atoms with Gasteiger partial charge < -0.3 is 4.74 Å². The molecule has 0 bridgehead atoms. The monoisotopic (exact) mass is 353 g/mol. The van der Waals surface area contributed by atoms with Gasteiger partial charge in [-0.2, -0.15) is 13.2 Å². The van der Waals surface area contributed by atoms with Crippen molar-refractivity contribution in [3.63, 3.8) is 0 Å². The predicted octanol–water partition coefficient (Wildman–Crippen LogP) is 2.94. The third-order valence-corrected chi connectivity index (χ3v) is 4.69. The van der Waals surface area contributed by atoms with Gasteiger partial charge in [-0.1, -0.05) is 32.0 Å². The van der Waals surface area contributed by atoms with Gasteiger partial charge in [-0.15, -0.1) is 0 Å². The van der Waals surface area contributed by atoms with Gasteiger partial charge in [-0.05, 0) is 18.6 Å².